The number of rotatable bonds is 5. The molecule has 1 unspecified atom stereocenters. The molecule has 0 aromatic heterocycles. The second-order valence-corrected chi connectivity index (χ2v) is 6.60. The number of aryl methyl sites for hydroxylation is 1. The van der Waals surface area contributed by atoms with E-state index in [1.165, 1.54) is 14.7 Å². The Hall–Kier alpha value is -0.580. The first kappa shape index (κ1) is 15.8. The number of hydrogen-bond donors (Lipinski definition) is 1. The van der Waals surface area contributed by atoms with Crippen molar-refractivity contribution in [3.63, 3.8) is 0 Å². The fourth-order valence-electron chi connectivity index (χ4n) is 2.24. The van der Waals surface area contributed by atoms with Crippen LogP contribution in [0.1, 0.15) is 29.7 Å². The molecule has 1 nitrogen and oxygen atoms in total. The van der Waals surface area contributed by atoms with Crippen LogP contribution in [0.3, 0.4) is 0 Å². The molecule has 1 atom stereocenters. The van der Waals surface area contributed by atoms with Gasteiger partial charge in [-0.25, -0.2) is 0 Å². The van der Waals surface area contributed by atoms with E-state index in [1.807, 2.05) is 6.92 Å². The van der Waals surface area contributed by atoms with E-state index in [9.17, 15) is 0 Å². The molecule has 0 amide bonds. The van der Waals surface area contributed by atoms with Gasteiger partial charge in [0.1, 0.15) is 0 Å². The minimum atomic E-state index is 0.304. The first-order chi connectivity index (χ1) is 9.60. The molecule has 0 radical (unpaired) electrons. The van der Waals surface area contributed by atoms with Crippen LogP contribution in [-0.4, -0.2) is 6.54 Å². The minimum absolute atomic E-state index is 0.304. The molecule has 2 aromatic carbocycles. The predicted molar refractivity (Wildman–Crippen MR) is 95.5 cm³/mol. The smallest absolute Gasteiger partial charge is 0.0438 e. The number of hydrogen-bond acceptors (Lipinski definition) is 1. The van der Waals surface area contributed by atoms with Gasteiger partial charge in [-0.15, -0.1) is 0 Å². The molecular weight excluding hydrogens is 381 g/mol. The highest BCUT2D eigenvalue weighted by molar-refractivity contribution is 14.1. The zero-order valence-corrected chi connectivity index (χ0v) is 14.7. The fourth-order valence-corrected chi connectivity index (χ4v) is 2.78. The molecule has 0 bridgehead atoms. The highest BCUT2D eigenvalue weighted by atomic mass is 127. The van der Waals surface area contributed by atoms with Gasteiger partial charge in [0, 0.05) is 14.6 Å². The molecule has 0 fully saturated rings. The number of likely N-dealkylation sites (N-methyl/N-ethyl adjacent to an activating group) is 1. The Kier molecular flexibility index (Phi) is 5.87. The van der Waals surface area contributed by atoms with Crippen LogP contribution in [0.25, 0.3) is 0 Å². The third-order valence-electron chi connectivity index (χ3n) is 3.40. The van der Waals surface area contributed by atoms with Gasteiger partial charge in [-0.1, -0.05) is 42.8 Å². The maximum absolute atomic E-state index is 6.25. The van der Waals surface area contributed by atoms with Crippen molar-refractivity contribution < 1.29 is 0 Å². The van der Waals surface area contributed by atoms with Gasteiger partial charge >= 0.3 is 0 Å². The van der Waals surface area contributed by atoms with Crippen LogP contribution in [0.4, 0.5) is 0 Å². The lowest BCUT2D eigenvalue weighted by Gasteiger charge is -2.19. The zero-order valence-electron chi connectivity index (χ0n) is 11.8. The lowest BCUT2D eigenvalue weighted by molar-refractivity contribution is 0.550. The summed E-state index contributed by atoms with van der Waals surface area (Å²) >= 11 is 8.59. The molecule has 2 aromatic rings. The summed E-state index contributed by atoms with van der Waals surface area (Å²) < 4.78 is 1.27. The SMILES string of the molecule is CCNC(Cc1ccc(I)cc1)c1ccc(C)c(Cl)c1. The molecule has 0 aliphatic rings. The molecule has 2 rings (SSSR count). The summed E-state index contributed by atoms with van der Waals surface area (Å²) in [7, 11) is 0. The van der Waals surface area contributed by atoms with Crippen LogP contribution in [-0.2, 0) is 6.42 Å². The Morgan fingerprint density at radius 1 is 1.15 bits per heavy atom. The van der Waals surface area contributed by atoms with E-state index in [-0.39, 0.29) is 0 Å². The van der Waals surface area contributed by atoms with Gasteiger partial charge in [0.25, 0.3) is 0 Å². The molecule has 1 N–H and O–H groups in total. The number of benzene rings is 2. The van der Waals surface area contributed by atoms with Gasteiger partial charge in [0.15, 0.2) is 0 Å². The summed E-state index contributed by atoms with van der Waals surface area (Å²) in [5, 5.41) is 4.39. The lowest BCUT2D eigenvalue weighted by atomic mass is 9.98. The monoisotopic (exact) mass is 399 g/mol. The van der Waals surface area contributed by atoms with Gasteiger partial charge in [-0.05, 0) is 77.4 Å². The van der Waals surface area contributed by atoms with Crippen molar-refractivity contribution >= 4 is 34.2 Å². The Labute approximate surface area is 139 Å². The first-order valence-electron chi connectivity index (χ1n) is 6.84. The van der Waals surface area contributed by atoms with Gasteiger partial charge in [-0.2, -0.15) is 0 Å². The van der Waals surface area contributed by atoms with Crippen LogP contribution in [0.2, 0.25) is 5.02 Å². The van der Waals surface area contributed by atoms with Crippen molar-refractivity contribution in [2.24, 2.45) is 0 Å². The largest absolute Gasteiger partial charge is 0.310 e. The molecule has 106 valence electrons. The van der Waals surface area contributed by atoms with Gasteiger partial charge in [0.2, 0.25) is 0 Å². The lowest BCUT2D eigenvalue weighted by Crippen LogP contribution is -2.23. The second-order valence-electron chi connectivity index (χ2n) is 4.95. The molecule has 0 heterocycles. The van der Waals surface area contributed by atoms with Crippen LogP contribution in [0, 0.1) is 10.5 Å². The summed E-state index contributed by atoms with van der Waals surface area (Å²) in [5.41, 5.74) is 3.72. The first-order valence-corrected chi connectivity index (χ1v) is 8.29. The van der Waals surface area contributed by atoms with E-state index < -0.39 is 0 Å². The third kappa shape index (κ3) is 4.21. The Morgan fingerprint density at radius 2 is 1.85 bits per heavy atom. The van der Waals surface area contributed by atoms with Crippen LogP contribution in [0.15, 0.2) is 42.5 Å². The fraction of sp³-hybridized carbons (Fsp3) is 0.294. The molecule has 0 saturated heterocycles. The van der Waals surface area contributed by atoms with Crippen molar-refractivity contribution in [2.75, 3.05) is 6.54 Å². The molecule has 20 heavy (non-hydrogen) atoms. The second kappa shape index (κ2) is 7.43. The van der Waals surface area contributed by atoms with Crippen LogP contribution < -0.4 is 5.32 Å². The summed E-state index contributed by atoms with van der Waals surface area (Å²) in [6, 6.07) is 15.3. The van der Waals surface area contributed by atoms with E-state index >= 15 is 0 Å². The summed E-state index contributed by atoms with van der Waals surface area (Å²) in [6.45, 7) is 5.12. The van der Waals surface area contributed by atoms with Gasteiger partial charge < -0.3 is 5.32 Å². The quantitative estimate of drug-likeness (QED) is 0.686. The molecule has 0 aliphatic carbocycles. The molecule has 3 heteroatoms. The average molecular weight is 400 g/mol. The standard InChI is InChI=1S/C17H19ClIN/c1-3-20-17(10-13-5-8-15(19)9-6-13)14-7-4-12(2)16(18)11-14/h4-9,11,17,20H,3,10H2,1-2H3. The van der Waals surface area contributed by atoms with E-state index in [2.05, 4.69) is 77.3 Å². The summed E-state index contributed by atoms with van der Waals surface area (Å²) in [4.78, 5) is 0. The maximum Gasteiger partial charge on any atom is 0.0438 e. The van der Waals surface area contributed by atoms with E-state index in [0.717, 1.165) is 23.6 Å². The minimum Gasteiger partial charge on any atom is -0.310 e. The van der Waals surface area contributed by atoms with E-state index in [0.29, 0.717) is 6.04 Å². The normalized spacial score (nSPS) is 12.4. The summed E-state index contributed by atoms with van der Waals surface area (Å²) in [5.74, 6) is 0. The van der Waals surface area contributed by atoms with Gasteiger partial charge in [0.05, 0.1) is 0 Å². The van der Waals surface area contributed by atoms with Crippen molar-refractivity contribution in [3.8, 4) is 0 Å². The average Bonchev–Trinajstić information content (AvgIpc) is 2.44. The number of halogens is 2. The highest BCUT2D eigenvalue weighted by Crippen LogP contribution is 2.24. The van der Waals surface area contributed by atoms with Crippen molar-refractivity contribution in [1.29, 1.82) is 0 Å². The topological polar surface area (TPSA) is 12.0 Å². The van der Waals surface area contributed by atoms with Crippen molar-refractivity contribution in [3.05, 3.63) is 67.7 Å². The molecule has 0 aliphatic heterocycles. The molecule has 0 saturated carbocycles. The third-order valence-corrected chi connectivity index (χ3v) is 4.53. The Morgan fingerprint density at radius 3 is 2.45 bits per heavy atom. The summed E-state index contributed by atoms with van der Waals surface area (Å²) in [6.07, 6.45) is 0.976. The zero-order chi connectivity index (χ0) is 14.5. The van der Waals surface area contributed by atoms with Gasteiger partial charge in [-0.3, -0.25) is 0 Å². The number of nitrogens with one attached hydrogen (secondary N) is 1. The van der Waals surface area contributed by atoms with Crippen molar-refractivity contribution in [2.45, 2.75) is 26.3 Å². The van der Waals surface area contributed by atoms with Crippen molar-refractivity contribution in [1.82, 2.24) is 5.32 Å². The Balaban J connectivity index is 2.21. The van der Waals surface area contributed by atoms with E-state index in [4.69, 9.17) is 11.6 Å². The molecular formula is C17H19ClIN. The Bertz CT molecular complexity index is 566. The predicted octanol–water partition coefficient (Wildman–Crippen LogP) is 5.15. The highest BCUT2D eigenvalue weighted by Gasteiger charge is 2.12. The maximum atomic E-state index is 6.25. The van der Waals surface area contributed by atoms with E-state index in [1.54, 1.807) is 0 Å². The molecule has 0 spiro atoms. The van der Waals surface area contributed by atoms with Crippen LogP contribution >= 0.6 is 34.2 Å². The van der Waals surface area contributed by atoms with Crippen LogP contribution in [0.5, 0.6) is 0 Å².